The predicted octanol–water partition coefficient (Wildman–Crippen LogP) is 0.250. The van der Waals surface area contributed by atoms with E-state index in [-0.39, 0.29) is 6.67 Å². The van der Waals surface area contributed by atoms with Gasteiger partial charge in [-0.15, -0.1) is 0 Å². The van der Waals surface area contributed by atoms with Crippen molar-refractivity contribution in [2.45, 2.75) is 13.0 Å². The van der Waals surface area contributed by atoms with Gasteiger partial charge in [0.15, 0.2) is 0 Å². The number of piperazine rings is 1. The highest BCUT2D eigenvalue weighted by Gasteiger charge is 2.13. The molecule has 0 amide bonds. The first-order valence-corrected chi connectivity index (χ1v) is 3.84. The molecule has 1 aliphatic heterocycles. The number of nitrogens with zero attached hydrogens (tertiary/aromatic N) is 1. The van der Waals surface area contributed by atoms with E-state index >= 15 is 0 Å². The van der Waals surface area contributed by atoms with Crippen LogP contribution < -0.4 is 5.32 Å². The van der Waals surface area contributed by atoms with Crippen molar-refractivity contribution in [2.75, 3.05) is 32.9 Å². The van der Waals surface area contributed by atoms with Gasteiger partial charge in [0, 0.05) is 32.2 Å². The quantitative estimate of drug-likeness (QED) is 0.600. The number of hydrogen-bond donors (Lipinski definition) is 1. The van der Waals surface area contributed by atoms with Gasteiger partial charge in [-0.3, -0.25) is 4.90 Å². The van der Waals surface area contributed by atoms with Crippen molar-refractivity contribution < 1.29 is 4.39 Å². The fraction of sp³-hybridized carbons (Fsp3) is 1.00. The zero-order valence-electron chi connectivity index (χ0n) is 6.44. The first-order chi connectivity index (χ1) is 4.83. The average Bonchev–Trinajstić information content (AvgIpc) is 1.88. The van der Waals surface area contributed by atoms with Gasteiger partial charge in [-0.1, -0.05) is 0 Å². The molecule has 0 aromatic carbocycles. The third kappa shape index (κ3) is 2.23. The van der Waals surface area contributed by atoms with Crippen molar-refractivity contribution >= 4 is 0 Å². The first-order valence-electron chi connectivity index (χ1n) is 3.84. The average molecular weight is 146 g/mol. The van der Waals surface area contributed by atoms with E-state index in [2.05, 4.69) is 17.1 Å². The summed E-state index contributed by atoms with van der Waals surface area (Å²) in [7, 11) is 0. The van der Waals surface area contributed by atoms with Crippen LogP contribution in [0.1, 0.15) is 6.92 Å². The second-order valence-corrected chi connectivity index (χ2v) is 2.84. The second kappa shape index (κ2) is 3.88. The van der Waals surface area contributed by atoms with Gasteiger partial charge in [-0.05, 0) is 6.92 Å². The van der Waals surface area contributed by atoms with E-state index in [9.17, 15) is 4.39 Å². The molecule has 0 aromatic heterocycles. The van der Waals surface area contributed by atoms with E-state index in [1.807, 2.05) is 0 Å². The Hall–Kier alpha value is -0.150. The normalized spacial score (nSPS) is 28.8. The molecule has 60 valence electrons. The van der Waals surface area contributed by atoms with Gasteiger partial charge in [0.05, 0.1) is 0 Å². The smallest absolute Gasteiger partial charge is 0.102 e. The van der Waals surface area contributed by atoms with E-state index in [0.717, 1.165) is 19.6 Å². The lowest BCUT2D eigenvalue weighted by atomic mass is 10.2. The molecule has 0 bridgehead atoms. The molecular weight excluding hydrogens is 131 g/mol. The third-order valence-electron chi connectivity index (χ3n) is 1.85. The molecule has 0 radical (unpaired) electrons. The summed E-state index contributed by atoms with van der Waals surface area (Å²) in [6, 6.07) is 0.528. The summed E-state index contributed by atoms with van der Waals surface area (Å²) in [4.78, 5) is 2.15. The molecule has 0 spiro atoms. The standard InChI is InChI=1S/C7H15FN2/c1-7-6-10(4-2-8)5-3-9-7/h7,9H,2-6H2,1H3/t7-/m1/s1. The second-order valence-electron chi connectivity index (χ2n) is 2.84. The molecule has 0 aromatic rings. The van der Waals surface area contributed by atoms with Crippen LogP contribution in [0.5, 0.6) is 0 Å². The van der Waals surface area contributed by atoms with Gasteiger partial charge < -0.3 is 5.32 Å². The highest BCUT2D eigenvalue weighted by Crippen LogP contribution is 1.96. The van der Waals surface area contributed by atoms with Gasteiger partial charge >= 0.3 is 0 Å². The van der Waals surface area contributed by atoms with E-state index in [1.54, 1.807) is 0 Å². The summed E-state index contributed by atoms with van der Waals surface area (Å²) in [5, 5.41) is 3.31. The van der Waals surface area contributed by atoms with Gasteiger partial charge in [-0.25, -0.2) is 4.39 Å². The minimum Gasteiger partial charge on any atom is -0.312 e. The molecule has 0 aliphatic carbocycles. The number of nitrogens with one attached hydrogen (secondary N) is 1. The molecular formula is C7H15FN2. The van der Waals surface area contributed by atoms with Crippen LogP contribution in [0.4, 0.5) is 4.39 Å². The predicted molar refractivity (Wildman–Crippen MR) is 39.9 cm³/mol. The lowest BCUT2D eigenvalue weighted by molar-refractivity contribution is 0.192. The Morgan fingerprint density at radius 2 is 2.50 bits per heavy atom. The molecule has 1 aliphatic rings. The summed E-state index contributed by atoms with van der Waals surface area (Å²) in [6.45, 7) is 5.50. The minimum absolute atomic E-state index is 0.216. The van der Waals surface area contributed by atoms with Crippen LogP contribution in [0.3, 0.4) is 0 Å². The number of hydrogen-bond acceptors (Lipinski definition) is 2. The Balaban J connectivity index is 2.18. The number of alkyl halides is 1. The summed E-state index contributed by atoms with van der Waals surface area (Å²) >= 11 is 0. The van der Waals surface area contributed by atoms with Crippen LogP contribution in [-0.4, -0.2) is 43.8 Å². The van der Waals surface area contributed by atoms with Crippen LogP contribution in [0, 0.1) is 0 Å². The molecule has 0 saturated carbocycles. The Bertz CT molecular complexity index is 95.6. The van der Waals surface area contributed by atoms with E-state index < -0.39 is 0 Å². The molecule has 3 heteroatoms. The lowest BCUT2D eigenvalue weighted by Crippen LogP contribution is -2.49. The Kier molecular flexibility index (Phi) is 3.09. The van der Waals surface area contributed by atoms with Crippen molar-refractivity contribution in [3.63, 3.8) is 0 Å². The fourth-order valence-electron chi connectivity index (χ4n) is 1.33. The van der Waals surface area contributed by atoms with Gasteiger partial charge in [0.1, 0.15) is 6.67 Å². The molecule has 1 rings (SSSR count). The van der Waals surface area contributed by atoms with Crippen LogP contribution in [0.15, 0.2) is 0 Å². The molecule has 1 atom stereocenters. The largest absolute Gasteiger partial charge is 0.312 e. The topological polar surface area (TPSA) is 15.3 Å². The summed E-state index contributed by atoms with van der Waals surface area (Å²) in [5.41, 5.74) is 0. The molecule has 10 heavy (non-hydrogen) atoms. The van der Waals surface area contributed by atoms with Gasteiger partial charge in [0.25, 0.3) is 0 Å². The SMILES string of the molecule is C[C@@H]1CN(CCF)CCN1. The zero-order valence-corrected chi connectivity index (χ0v) is 6.44. The highest BCUT2D eigenvalue weighted by atomic mass is 19.1. The summed E-state index contributed by atoms with van der Waals surface area (Å²) < 4.78 is 11.8. The Labute approximate surface area is 61.4 Å². The molecule has 1 fully saturated rings. The van der Waals surface area contributed by atoms with Crippen molar-refractivity contribution in [3.05, 3.63) is 0 Å². The molecule has 1 heterocycles. The third-order valence-corrected chi connectivity index (χ3v) is 1.85. The number of rotatable bonds is 2. The van der Waals surface area contributed by atoms with E-state index in [4.69, 9.17) is 0 Å². The van der Waals surface area contributed by atoms with Crippen LogP contribution in [-0.2, 0) is 0 Å². The van der Waals surface area contributed by atoms with Gasteiger partial charge in [0.2, 0.25) is 0 Å². The molecule has 1 N–H and O–H groups in total. The highest BCUT2D eigenvalue weighted by molar-refractivity contribution is 4.74. The Morgan fingerprint density at radius 3 is 3.10 bits per heavy atom. The monoisotopic (exact) mass is 146 g/mol. The van der Waals surface area contributed by atoms with Crippen LogP contribution in [0.2, 0.25) is 0 Å². The maximum atomic E-state index is 11.8. The summed E-state index contributed by atoms with van der Waals surface area (Å²) in [6.07, 6.45) is 0. The minimum atomic E-state index is -0.216. The van der Waals surface area contributed by atoms with Crippen molar-refractivity contribution in [2.24, 2.45) is 0 Å². The van der Waals surface area contributed by atoms with E-state index in [0.29, 0.717) is 12.6 Å². The maximum Gasteiger partial charge on any atom is 0.102 e. The number of halogens is 1. The van der Waals surface area contributed by atoms with Crippen LogP contribution >= 0.6 is 0 Å². The van der Waals surface area contributed by atoms with Crippen LogP contribution in [0.25, 0.3) is 0 Å². The van der Waals surface area contributed by atoms with Gasteiger partial charge in [-0.2, -0.15) is 0 Å². The fourth-order valence-corrected chi connectivity index (χ4v) is 1.33. The first kappa shape index (κ1) is 7.95. The molecule has 0 unspecified atom stereocenters. The zero-order chi connectivity index (χ0) is 7.40. The Morgan fingerprint density at radius 1 is 1.70 bits per heavy atom. The van der Waals surface area contributed by atoms with Crippen molar-refractivity contribution in [1.29, 1.82) is 0 Å². The molecule has 2 nitrogen and oxygen atoms in total. The van der Waals surface area contributed by atoms with E-state index in [1.165, 1.54) is 0 Å². The summed E-state index contributed by atoms with van der Waals surface area (Å²) in [5.74, 6) is 0. The lowest BCUT2D eigenvalue weighted by Gasteiger charge is -2.30. The molecule has 1 saturated heterocycles. The maximum absolute atomic E-state index is 11.8. The van der Waals surface area contributed by atoms with Crippen molar-refractivity contribution in [3.8, 4) is 0 Å². The van der Waals surface area contributed by atoms with Crippen molar-refractivity contribution in [1.82, 2.24) is 10.2 Å².